The maximum atomic E-state index is 12.5. The molecule has 1 rings (SSSR count). The summed E-state index contributed by atoms with van der Waals surface area (Å²) in [4.78, 5) is 0. The molecule has 0 radical (unpaired) electrons. The number of hydrogen-bond acceptors (Lipinski definition) is 0. The molecular formula is C7H15BF3N. The van der Waals surface area contributed by atoms with Gasteiger partial charge in [-0.1, -0.05) is 6.92 Å². The highest BCUT2D eigenvalue weighted by atomic mass is 19.4. The van der Waals surface area contributed by atoms with Crippen molar-refractivity contribution >= 4 is 7.11 Å². The highest BCUT2D eigenvalue weighted by molar-refractivity contribution is 6.50. The zero-order valence-corrected chi connectivity index (χ0v) is 7.56. The van der Waals surface area contributed by atoms with Gasteiger partial charge in [-0.2, -0.15) is 0 Å². The predicted octanol–water partition coefficient (Wildman–Crippen LogP) is 2.21. The van der Waals surface area contributed by atoms with Crippen molar-refractivity contribution in [3.63, 3.8) is 0 Å². The van der Waals surface area contributed by atoms with Gasteiger partial charge in [-0.05, 0) is 12.8 Å². The average Bonchev–Trinajstić information content (AvgIpc) is 1.83. The summed E-state index contributed by atoms with van der Waals surface area (Å²) in [5.41, 5.74) is 0. The van der Waals surface area contributed by atoms with Crippen LogP contribution in [0.5, 0.6) is 0 Å². The molecule has 12 heavy (non-hydrogen) atoms. The second-order valence-electron chi connectivity index (χ2n) is 4.17. The minimum atomic E-state index is -4.71. The lowest BCUT2D eigenvalue weighted by Gasteiger charge is -2.48. The van der Waals surface area contributed by atoms with Crippen LogP contribution in [0.3, 0.4) is 0 Å². The summed E-state index contributed by atoms with van der Waals surface area (Å²) in [7, 11) is -3.39. The standard InChI is InChI=1S/C7H15BF3N/c1-7-4-3-5-12(2,6-7)8(9,10)11/h7H,3-6H2,1-2H3. The maximum absolute atomic E-state index is 12.5. The lowest BCUT2D eigenvalue weighted by molar-refractivity contribution is -0.840. The molecule has 0 amide bonds. The van der Waals surface area contributed by atoms with Gasteiger partial charge in [0.05, 0.1) is 0 Å². The molecule has 1 fully saturated rings. The van der Waals surface area contributed by atoms with Crippen molar-refractivity contribution in [1.82, 2.24) is 0 Å². The Balaban J connectivity index is 2.70. The largest absolute Gasteiger partial charge is 0.732 e. The van der Waals surface area contributed by atoms with Gasteiger partial charge >= 0.3 is 7.11 Å². The van der Waals surface area contributed by atoms with Crippen molar-refractivity contribution in [3.05, 3.63) is 0 Å². The van der Waals surface area contributed by atoms with Gasteiger partial charge in [0.2, 0.25) is 0 Å². The lowest BCUT2D eigenvalue weighted by Crippen LogP contribution is -2.62. The lowest BCUT2D eigenvalue weighted by atomic mass is 9.89. The fraction of sp³-hybridized carbons (Fsp3) is 1.00. The van der Waals surface area contributed by atoms with Crippen LogP contribution >= 0.6 is 0 Å². The van der Waals surface area contributed by atoms with Gasteiger partial charge in [0, 0.05) is 26.1 Å². The average molecular weight is 181 g/mol. The predicted molar refractivity (Wildman–Crippen MR) is 43.4 cm³/mol. The van der Waals surface area contributed by atoms with E-state index in [1.54, 1.807) is 0 Å². The molecule has 72 valence electrons. The molecule has 1 saturated heterocycles. The van der Waals surface area contributed by atoms with E-state index in [9.17, 15) is 12.9 Å². The van der Waals surface area contributed by atoms with E-state index < -0.39 is 11.5 Å². The summed E-state index contributed by atoms with van der Waals surface area (Å²) in [5.74, 6) is 0.215. The van der Waals surface area contributed by atoms with Crippen molar-refractivity contribution in [2.75, 3.05) is 20.1 Å². The number of piperidine rings is 1. The molecule has 0 aromatic rings. The molecule has 2 unspecified atom stereocenters. The molecule has 0 aromatic heterocycles. The minimum absolute atomic E-state index is 0.215. The van der Waals surface area contributed by atoms with Gasteiger partial charge in [-0.25, -0.2) is 0 Å². The van der Waals surface area contributed by atoms with Gasteiger partial charge in [-0.3, -0.25) is 0 Å². The smallest absolute Gasteiger partial charge is 0.425 e. The molecule has 0 bridgehead atoms. The normalized spacial score (nSPS) is 38.2. The molecular weight excluding hydrogens is 166 g/mol. The number of rotatable bonds is 1. The molecule has 0 saturated carbocycles. The summed E-state index contributed by atoms with van der Waals surface area (Å²) in [6, 6.07) is 0. The van der Waals surface area contributed by atoms with Gasteiger partial charge < -0.3 is 17.3 Å². The molecule has 0 aliphatic carbocycles. The molecule has 0 N–H and O–H groups in total. The van der Waals surface area contributed by atoms with Crippen LogP contribution in [-0.2, 0) is 0 Å². The van der Waals surface area contributed by atoms with E-state index in [0.29, 0.717) is 6.42 Å². The molecule has 2 atom stereocenters. The van der Waals surface area contributed by atoms with Crippen LogP contribution in [0.1, 0.15) is 19.8 Å². The molecule has 0 spiro atoms. The Morgan fingerprint density at radius 2 is 1.92 bits per heavy atom. The van der Waals surface area contributed by atoms with Crippen molar-refractivity contribution in [2.45, 2.75) is 19.8 Å². The molecule has 1 aliphatic rings. The van der Waals surface area contributed by atoms with Crippen LogP contribution in [0.2, 0.25) is 0 Å². The highest BCUT2D eigenvalue weighted by Gasteiger charge is 2.50. The van der Waals surface area contributed by atoms with E-state index in [0.717, 1.165) is 6.42 Å². The summed E-state index contributed by atoms with van der Waals surface area (Å²) in [6.45, 7) is 2.44. The highest BCUT2D eigenvalue weighted by Crippen LogP contribution is 2.30. The third-order valence-electron chi connectivity index (χ3n) is 2.80. The van der Waals surface area contributed by atoms with Crippen LogP contribution in [0.15, 0.2) is 0 Å². The number of halogens is 3. The van der Waals surface area contributed by atoms with Crippen molar-refractivity contribution in [1.29, 1.82) is 0 Å². The van der Waals surface area contributed by atoms with Crippen LogP contribution < -0.4 is 0 Å². The Morgan fingerprint density at radius 1 is 1.33 bits per heavy atom. The van der Waals surface area contributed by atoms with Crippen molar-refractivity contribution in [3.8, 4) is 0 Å². The Kier molecular flexibility index (Phi) is 2.43. The number of quaternary nitrogens is 1. The third kappa shape index (κ3) is 1.76. The number of likely N-dealkylation sites (tertiary alicyclic amines) is 1. The number of nitrogens with zero attached hydrogens (tertiary/aromatic N) is 1. The van der Waals surface area contributed by atoms with Crippen LogP contribution in [0.4, 0.5) is 12.9 Å². The van der Waals surface area contributed by atoms with E-state index in [2.05, 4.69) is 0 Å². The van der Waals surface area contributed by atoms with Crippen molar-refractivity contribution in [2.24, 2.45) is 5.92 Å². The fourth-order valence-electron chi connectivity index (χ4n) is 1.96. The SMILES string of the molecule is CC1CCC[N+](C)([B-](F)(F)F)C1. The summed E-state index contributed by atoms with van der Waals surface area (Å²) >= 11 is 0. The van der Waals surface area contributed by atoms with E-state index in [1.807, 2.05) is 6.92 Å². The molecule has 0 aromatic carbocycles. The first-order valence-electron chi connectivity index (χ1n) is 4.39. The van der Waals surface area contributed by atoms with E-state index in [1.165, 1.54) is 7.05 Å². The fourth-order valence-corrected chi connectivity index (χ4v) is 1.96. The number of hydrogen-bond donors (Lipinski definition) is 0. The quantitative estimate of drug-likeness (QED) is 0.544. The molecule has 1 aliphatic heterocycles. The van der Waals surface area contributed by atoms with Gasteiger partial charge in [0.25, 0.3) is 0 Å². The third-order valence-corrected chi connectivity index (χ3v) is 2.80. The Bertz CT molecular complexity index is 171. The van der Waals surface area contributed by atoms with Crippen molar-refractivity contribution < 1.29 is 17.3 Å². The zero-order valence-electron chi connectivity index (χ0n) is 7.56. The minimum Gasteiger partial charge on any atom is -0.425 e. The first kappa shape index (κ1) is 9.90. The van der Waals surface area contributed by atoms with Gasteiger partial charge in [0.15, 0.2) is 0 Å². The molecule has 1 nitrogen and oxygen atoms in total. The summed E-state index contributed by atoms with van der Waals surface area (Å²) < 4.78 is 36.9. The first-order chi connectivity index (χ1) is 5.35. The zero-order chi connectivity index (χ0) is 9.41. The Labute approximate surface area is 71.2 Å². The van der Waals surface area contributed by atoms with Crippen LogP contribution in [0.25, 0.3) is 0 Å². The van der Waals surface area contributed by atoms with Gasteiger partial charge in [0.1, 0.15) is 0 Å². The van der Waals surface area contributed by atoms with E-state index in [-0.39, 0.29) is 19.0 Å². The second kappa shape index (κ2) is 2.94. The monoisotopic (exact) mass is 181 g/mol. The maximum Gasteiger partial charge on any atom is 0.732 e. The summed E-state index contributed by atoms with van der Waals surface area (Å²) in [5, 5.41) is 0. The van der Waals surface area contributed by atoms with E-state index >= 15 is 0 Å². The van der Waals surface area contributed by atoms with E-state index in [4.69, 9.17) is 0 Å². The summed E-state index contributed by atoms with van der Waals surface area (Å²) in [6.07, 6.45) is 1.65. The molecule has 1 heterocycles. The second-order valence-corrected chi connectivity index (χ2v) is 4.17. The van der Waals surface area contributed by atoms with Gasteiger partial charge in [-0.15, -0.1) is 0 Å². The Hall–Kier alpha value is -0.185. The first-order valence-corrected chi connectivity index (χ1v) is 4.39. The van der Waals surface area contributed by atoms with Crippen LogP contribution in [-0.4, -0.2) is 31.6 Å². The Morgan fingerprint density at radius 3 is 2.25 bits per heavy atom. The topological polar surface area (TPSA) is 0 Å². The molecule has 5 heteroatoms. The van der Waals surface area contributed by atoms with Crippen LogP contribution in [0, 0.1) is 5.92 Å².